The van der Waals surface area contributed by atoms with E-state index in [1.54, 1.807) is 19.2 Å². The third-order valence-electron chi connectivity index (χ3n) is 5.82. The highest BCUT2D eigenvalue weighted by molar-refractivity contribution is 5.55. The standard InChI is InChI=1S/C20H31N7O3/c1-5-14-8-16(9-15(6-2)27(14)12-29)26(3)20-22-17(10-19(23-20)30-4)21-18-7-13(11-28)24-25-18/h7,10,12,14-16,28H,5-6,8-9,11H2,1-4H3,(H2,21,22,23,24,25)/t14-,15+,16?. The highest BCUT2D eigenvalue weighted by atomic mass is 16.5. The van der Waals surface area contributed by atoms with E-state index in [4.69, 9.17) is 4.74 Å². The Labute approximate surface area is 176 Å². The van der Waals surface area contributed by atoms with Gasteiger partial charge < -0.3 is 25.0 Å². The van der Waals surface area contributed by atoms with Crippen LogP contribution in [0.25, 0.3) is 0 Å². The summed E-state index contributed by atoms with van der Waals surface area (Å²) in [6.45, 7) is 4.11. The normalized spacial score (nSPS) is 21.4. The van der Waals surface area contributed by atoms with Crippen LogP contribution in [0, 0.1) is 0 Å². The van der Waals surface area contributed by atoms with Gasteiger partial charge in [-0.15, -0.1) is 0 Å². The molecule has 1 unspecified atom stereocenters. The topological polar surface area (TPSA) is 120 Å². The van der Waals surface area contributed by atoms with Gasteiger partial charge in [0.15, 0.2) is 5.82 Å². The zero-order valence-corrected chi connectivity index (χ0v) is 18.0. The van der Waals surface area contributed by atoms with Crippen molar-refractivity contribution in [1.82, 2.24) is 25.1 Å². The van der Waals surface area contributed by atoms with Gasteiger partial charge >= 0.3 is 0 Å². The quantitative estimate of drug-likeness (QED) is 0.531. The molecule has 3 atom stereocenters. The van der Waals surface area contributed by atoms with Gasteiger partial charge in [-0.05, 0) is 25.7 Å². The fourth-order valence-corrected chi connectivity index (χ4v) is 4.05. The second-order valence-corrected chi connectivity index (χ2v) is 7.57. The maximum Gasteiger partial charge on any atom is 0.230 e. The summed E-state index contributed by atoms with van der Waals surface area (Å²) in [4.78, 5) is 24.8. The number of carbonyl (C=O) groups is 1. The molecule has 0 aliphatic carbocycles. The van der Waals surface area contributed by atoms with Crippen LogP contribution in [0.2, 0.25) is 0 Å². The van der Waals surface area contributed by atoms with Crippen LogP contribution >= 0.6 is 0 Å². The van der Waals surface area contributed by atoms with Crippen molar-refractivity contribution in [3.8, 4) is 5.88 Å². The van der Waals surface area contributed by atoms with Gasteiger partial charge in [-0.1, -0.05) is 13.8 Å². The van der Waals surface area contributed by atoms with Gasteiger partial charge in [0.25, 0.3) is 0 Å². The first-order chi connectivity index (χ1) is 14.5. The Balaban J connectivity index is 1.83. The molecule has 0 aromatic carbocycles. The van der Waals surface area contributed by atoms with Crippen LogP contribution in [0.1, 0.15) is 45.2 Å². The fourth-order valence-electron chi connectivity index (χ4n) is 4.05. The van der Waals surface area contributed by atoms with Crippen molar-refractivity contribution >= 4 is 24.0 Å². The summed E-state index contributed by atoms with van der Waals surface area (Å²) in [6.07, 6.45) is 4.55. The van der Waals surface area contributed by atoms with Gasteiger partial charge in [0.05, 0.1) is 19.4 Å². The number of rotatable bonds is 9. The molecule has 1 aliphatic heterocycles. The van der Waals surface area contributed by atoms with Crippen molar-refractivity contribution in [2.45, 2.75) is 64.3 Å². The minimum atomic E-state index is -0.119. The van der Waals surface area contributed by atoms with E-state index in [9.17, 15) is 9.90 Å². The SMILES string of the molecule is CC[C@@H]1CC(N(C)c2nc(Nc3cc(CO)[nH]n3)cc(OC)n2)C[C@H](CC)N1C=O. The molecule has 164 valence electrons. The lowest BCUT2D eigenvalue weighted by Gasteiger charge is -2.45. The molecule has 10 nitrogen and oxygen atoms in total. The van der Waals surface area contributed by atoms with Crippen molar-refractivity contribution in [3.05, 3.63) is 17.8 Å². The number of nitrogens with zero attached hydrogens (tertiary/aromatic N) is 5. The lowest BCUT2D eigenvalue weighted by molar-refractivity contribution is -0.125. The molecule has 1 aliphatic rings. The first-order valence-electron chi connectivity index (χ1n) is 10.3. The van der Waals surface area contributed by atoms with Crippen LogP contribution in [-0.4, -0.2) is 68.9 Å². The molecular formula is C20H31N7O3. The average Bonchev–Trinajstić information content (AvgIpc) is 3.24. The van der Waals surface area contributed by atoms with Gasteiger partial charge in [-0.25, -0.2) is 0 Å². The molecule has 3 heterocycles. The molecule has 1 saturated heterocycles. The van der Waals surface area contributed by atoms with E-state index in [0.29, 0.717) is 29.2 Å². The number of amides is 1. The Morgan fingerprint density at radius 2 is 1.97 bits per heavy atom. The third kappa shape index (κ3) is 4.64. The lowest BCUT2D eigenvalue weighted by Crippen LogP contribution is -2.53. The lowest BCUT2D eigenvalue weighted by atomic mass is 9.88. The van der Waals surface area contributed by atoms with E-state index < -0.39 is 0 Å². The molecule has 0 radical (unpaired) electrons. The van der Waals surface area contributed by atoms with E-state index in [0.717, 1.165) is 32.1 Å². The minimum absolute atomic E-state index is 0.119. The van der Waals surface area contributed by atoms with Crippen LogP contribution in [0.3, 0.4) is 0 Å². The Bertz CT molecular complexity index is 830. The first-order valence-corrected chi connectivity index (χ1v) is 10.3. The van der Waals surface area contributed by atoms with Crippen molar-refractivity contribution in [2.75, 3.05) is 24.4 Å². The second kappa shape index (κ2) is 9.75. The van der Waals surface area contributed by atoms with E-state index >= 15 is 0 Å². The molecule has 30 heavy (non-hydrogen) atoms. The Morgan fingerprint density at radius 1 is 1.27 bits per heavy atom. The summed E-state index contributed by atoms with van der Waals surface area (Å²) in [5, 5.41) is 19.2. The number of likely N-dealkylation sites (tertiary alicyclic amines) is 1. The fraction of sp³-hybridized carbons (Fsp3) is 0.600. The number of methoxy groups -OCH3 is 1. The van der Waals surface area contributed by atoms with Crippen molar-refractivity contribution in [3.63, 3.8) is 0 Å². The third-order valence-corrected chi connectivity index (χ3v) is 5.82. The number of aromatic amines is 1. The number of hydrogen-bond acceptors (Lipinski definition) is 8. The summed E-state index contributed by atoms with van der Waals surface area (Å²) < 4.78 is 5.38. The Morgan fingerprint density at radius 3 is 2.50 bits per heavy atom. The van der Waals surface area contributed by atoms with Crippen molar-refractivity contribution in [2.24, 2.45) is 0 Å². The number of carbonyl (C=O) groups excluding carboxylic acids is 1. The molecule has 0 spiro atoms. The predicted molar refractivity (Wildman–Crippen MR) is 114 cm³/mol. The molecule has 3 N–H and O–H groups in total. The monoisotopic (exact) mass is 417 g/mol. The van der Waals surface area contributed by atoms with Crippen molar-refractivity contribution in [1.29, 1.82) is 0 Å². The molecular weight excluding hydrogens is 386 g/mol. The Hall–Kier alpha value is -2.88. The molecule has 1 amide bonds. The van der Waals surface area contributed by atoms with E-state index in [2.05, 4.69) is 44.2 Å². The molecule has 1 fully saturated rings. The molecule has 2 aromatic rings. The smallest absolute Gasteiger partial charge is 0.230 e. The number of H-pyrrole nitrogens is 1. The largest absolute Gasteiger partial charge is 0.481 e. The highest BCUT2D eigenvalue weighted by Crippen LogP contribution is 2.31. The number of aliphatic hydroxyl groups is 1. The molecule has 10 heteroatoms. The van der Waals surface area contributed by atoms with E-state index in [-0.39, 0.29) is 24.7 Å². The zero-order valence-electron chi connectivity index (χ0n) is 18.0. The summed E-state index contributed by atoms with van der Waals surface area (Å²) in [6, 6.07) is 4.03. The minimum Gasteiger partial charge on any atom is -0.481 e. The summed E-state index contributed by atoms with van der Waals surface area (Å²) >= 11 is 0. The number of aliphatic hydroxyl groups excluding tert-OH is 1. The average molecular weight is 418 g/mol. The van der Waals surface area contributed by atoms with Crippen LogP contribution in [0.15, 0.2) is 12.1 Å². The van der Waals surface area contributed by atoms with Gasteiger partial charge in [0.1, 0.15) is 5.82 Å². The van der Waals surface area contributed by atoms with Crippen LogP contribution in [-0.2, 0) is 11.4 Å². The van der Waals surface area contributed by atoms with Crippen LogP contribution in [0.4, 0.5) is 17.6 Å². The summed E-state index contributed by atoms with van der Waals surface area (Å²) in [7, 11) is 3.55. The Kier molecular flexibility index (Phi) is 7.09. The number of aromatic nitrogens is 4. The van der Waals surface area contributed by atoms with E-state index in [1.165, 1.54) is 0 Å². The highest BCUT2D eigenvalue weighted by Gasteiger charge is 2.35. The molecule has 3 rings (SSSR count). The van der Waals surface area contributed by atoms with Gasteiger partial charge in [-0.2, -0.15) is 15.1 Å². The van der Waals surface area contributed by atoms with Crippen LogP contribution < -0.4 is 15.0 Å². The second-order valence-electron chi connectivity index (χ2n) is 7.57. The van der Waals surface area contributed by atoms with Gasteiger partial charge in [-0.3, -0.25) is 9.89 Å². The van der Waals surface area contributed by atoms with E-state index in [1.807, 2.05) is 11.9 Å². The summed E-state index contributed by atoms with van der Waals surface area (Å²) in [5.74, 6) is 2.08. The summed E-state index contributed by atoms with van der Waals surface area (Å²) in [5.41, 5.74) is 0.606. The number of anilines is 3. The number of hydrogen-bond donors (Lipinski definition) is 3. The number of nitrogens with one attached hydrogen (secondary N) is 2. The van der Waals surface area contributed by atoms with Gasteiger partial charge in [0, 0.05) is 37.3 Å². The maximum atomic E-state index is 11.6. The predicted octanol–water partition coefficient (Wildman–Crippen LogP) is 2.06. The maximum absolute atomic E-state index is 11.6. The van der Waals surface area contributed by atoms with Crippen LogP contribution in [0.5, 0.6) is 5.88 Å². The number of piperidine rings is 1. The number of ether oxygens (including phenoxy) is 1. The molecule has 0 bridgehead atoms. The van der Waals surface area contributed by atoms with Gasteiger partial charge in [0.2, 0.25) is 18.2 Å². The van der Waals surface area contributed by atoms with Crippen molar-refractivity contribution < 1.29 is 14.6 Å². The zero-order chi connectivity index (χ0) is 21.7. The molecule has 0 saturated carbocycles. The first kappa shape index (κ1) is 21.8. The molecule has 2 aromatic heterocycles.